The van der Waals surface area contributed by atoms with E-state index in [4.69, 9.17) is 0 Å². The van der Waals surface area contributed by atoms with Crippen LogP contribution in [0, 0.1) is 5.41 Å². The molecule has 0 amide bonds. The third kappa shape index (κ3) is 2.20. The SMILES string of the molecule is CC(C)(C)C1=CC(C)(O)c2ccccc2[Te]1. The summed E-state index contributed by atoms with van der Waals surface area (Å²) >= 11 is -0.314. The predicted octanol–water partition coefficient (Wildman–Crippen LogP) is 2.17. The fourth-order valence-corrected chi connectivity index (χ4v) is 5.71. The standard InChI is InChI=1S/C14H18OTe/c1-13(2,3)12-9-14(4,15)10-7-5-6-8-11(10)16-12/h5-9,15H,1-4H3. The van der Waals surface area contributed by atoms with E-state index in [0.29, 0.717) is 0 Å². The minimum absolute atomic E-state index is 0.180. The fourth-order valence-electron chi connectivity index (χ4n) is 1.82. The van der Waals surface area contributed by atoms with Gasteiger partial charge in [0, 0.05) is 0 Å². The molecule has 1 aliphatic rings. The van der Waals surface area contributed by atoms with Gasteiger partial charge in [-0.2, -0.15) is 0 Å². The first-order valence-electron chi connectivity index (χ1n) is 5.54. The molecule has 1 aromatic carbocycles. The van der Waals surface area contributed by atoms with Crippen molar-refractivity contribution < 1.29 is 5.11 Å². The van der Waals surface area contributed by atoms with Gasteiger partial charge in [-0.05, 0) is 0 Å². The first kappa shape index (κ1) is 12.2. The van der Waals surface area contributed by atoms with Crippen LogP contribution in [0.4, 0.5) is 0 Å². The maximum atomic E-state index is 10.5. The van der Waals surface area contributed by atoms with Crippen molar-refractivity contribution in [2.24, 2.45) is 5.41 Å². The molecule has 2 rings (SSSR count). The van der Waals surface area contributed by atoms with E-state index in [2.05, 4.69) is 45.0 Å². The molecule has 0 spiro atoms. The topological polar surface area (TPSA) is 20.2 Å². The minimum atomic E-state index is -0.789. The molecule has 0 bridgehead atoms. The average molecular weight is 330 g/mol. The Bertz CT molecular complexity index is 438. The summed E-state index contributed by atoms with van der Waals surface area (Å²) in [5.41, 5.74) is 0.493. The van der Waals surface area contributed by atoms with Crippen molar-refractivity contribution in [3.8, 4) is 0 Å². The van der Waals surface area contributed by atoms with Crippen LogP contribution in [-0.4, -0.2) is 26.0 Å². The van der Waals surface area contributed by atoms with Crippen molar-refractivity contribution in [3.63, 3.8) is 0 Å². The van der Waals surface area contributed by atoms with Crippen LogP contribution in [0.1, 0.15) is 33.3 Å². The molecule has 0 saturated heterocycles. The van der Waals surface area contributed by atoms with E-state index in [0.717, 1.165) is 5.56 Å². The van der Waals surface area contributed by atoms with Crippen molar-refractivity contribution in [2.75, 3.05) is 0 Å². The fraction of sp³-hybridized carbons (Fsp3) is 0.429. The van der Waals surface area contributed by atoms with E-state index in [1.165, 1.54) is 7.23 Å². The second-order valence-electron chi connectivity index (χ2n) is 5.50. The molecule has 1 unspecified atom stereocenters. The number of benzene rings is 1. The Morgan fingerprint density at radius 3 is 2.44 bits per heavy atom. The van der Waals surface area contributed by atoms with E-state index < -0.39 is 5.60 Å². The molecule has 86 valence electrons. The van der Waals surface area contributed by atoms with Crippen LogP contribution in [0.2, 0.25) is 0 Å². The molecular formula is C14H18OTe. The van der Waals surface area contributed by atoms with Gasteiger partial charge in [0.2, 0.25) is 0 Å². The van der Waals surface area contributed by atoms with E-state index in [9.17, 15) is 5.11 Å². The second kappa shape index (κ2) is 3.88. The number of hydrogen-bond donors (Lipinski definition) is 1. The van der Waals surface area contributed by atoms with Gasteiger partial charge in [-0.15, -0.1) is 0 Å². The Labute approximate surface area is 108 Å². The second-order valence-corrected chi connectivity index (χ2v) is 8.60. The van der Waals surface area contributed by atoms with Gasteiger partial charge in [-0.25, -0.2) is 0 Å². The van der Waals surface area contributed by atoms with Crippen LogP contribution in [-0.2, 0) is 5.60 Å². The molecule has 0 fully saturated rings. The molecule has 1 nitrogen and oxygen atoms in total. The van der Waals surface area contributed by atoms with Gasteiger partial charge in [0.25, 0.3) is 0 Å². The van der Waals surface area contributed by atoms with Crippen molar-refractivity contribution in [2.45, 2.75) is 33.3 Å². The number of fused-ring (bicyclic) bond motifs is 1. The zero-order valence-electron chi connectivity index (χ0n) is 10.2. The monoisotopic (exact) mass is 332 g/mol. The van der Waals surface area contributed by atoms with Crippen molar-refractivity contribution in [3.05, 3.63) is 39.5 Å². The van der Waals surface area contributed by atoms with Gasteiger partial charge in [0.05, 0.1) is 0 Å². The van der Waals surface area contributed by atoms with Gasteiger partial charge >= 0.3 is 108 Å². The molecule has 1 heterocycles. The van der Waals surface area contributed by atoms with Crippen LogP contribution in [0.15, 0.2) is 34.0 Å². The molecule has 16 heavy (non-hydrogen) atoms. The van der Waals surface area contributed by atoms with Crippen LogP contribution in [0.25, 0.3) is 0 Å². The number of aliphatic hydroxyl groups is 1. The summed E-state index contributed by atoms with van der Waals surface area (Å²) in [6.45, 7) is 8.58. The van der Waals surface area contributed by atoms with Crippen LogP contribution >= 0.6 is 0 Å². The van der Waals surface area contributed by atoms with E-state index in [-0.39, 0.29) is 26.3 Å². The van der Waals surface area contributed by atoms with Crippen LogP contribution in [0.5, 0.6) is 0 Å². The summed E-state index contributed by atoms with van der Waals surface area (Å²) in [5.74, 6) is 0. The Morgan fingerprint density at radius 2 is 1.81 bits per heavy atom. The van der Waals surface area contributed by atoms with Crippen LogP contribution < -0.4 is 3.61 Å². The zero-order chi connectivity index (χ0) is 12.0. The summed E-state index contributed by atoms with van der Waals surface area (Å²) in [6.07, 6.45) is 2.08. The van der Waals surface area contributed by atoms with Crippen molar-refractivity contribution in [1.82, 2.24) is 0 Å². The van der Waals surface area contributed by atoms with Gasteiger partial charge in [-0.1, -0.05) is 0 Å². The molecule has 0 radical (unpaired) electrons. The number of allylic oxidation sites excluding steroid dienone is 1. The summed E-state index contributed by atoms with van der Waals surface area (Å²) < 4.78 is 2.83. The quantitative estimate of drug-likeness (QED) is 0.723. The predicted molar refractivity (Wildman–Crippen MR) is 68.9 cm³/mol. The maximum absolute atomic E-state index is 10.5. The van der Waals surface area contributed by atoms with Gasteiger partial charge in [0.15, 0.2) is 0 Å². The summed E-state index contributed by atoms with van der Waals surface area (Å²) in [6, 6.07) is 8.31. The Kier molecular flexibility index (Phi) is 2.95. The Hall–Kier alpha value is -0.290. The van der Waals surface area contributed by atoms with E-state index in [1.807, 2.05) is 13.0 Å². The molecule has 0 saturated carbocycles. The van der Waals surface area contributed by atoms with Crippen LogP contribution in [0.3, 0.4) is 0 Å². The molecule has 1 aliphatic heterocycles. The Balaban J connectivity index is 2.52. The molecule has 1 N–H and O–H groups in total. The van der Waals surface area contributed by atoms with E-state index >= 15 is 0 Å². The molecule has 1 aromatic rings. The summed E-state index contributed by atoms with van der Waals surface area (Å²) in [4.78, 5) is 0. The number of rotatable bonds is 0. The zero-order valence-corrected chi connectivity index (χ0v) is 12.6. The first-order valence-corrected chi connectivity index (χ1v) is 7.87. The Morgan fingerprint density at radius 1 is 1.19 bits per heavy atom. The molecule has 2 heteroatoms. The van der Waals surface area contributed by atoms with Gasteiger partial charge < -0.3 is 0 Å². The first-order chi connectivity index (χ1) is 7.31. The summed E-state index contributed by atoms with van der Waals surface area (Å²) in [7, 11) is 0. The number of hydrogen-bond acceptors (Lipinski definition) is 1. The van der Waals surface area contributed by atoms with Crippen molar-refractivity contribution >= 4 is 24.5 Å². The molecule has 0 aromatic heterocycles. The third-order valence-electron chi connectivity index (χ3n) is 2.80. The molecular weight excluding hydrogens is 312 g/mol. The average Bonchev–Trinajstić information content (AvgIpc) is 2.15. The third-order valence-corrected chi connectivity index (χ3v) is 7.16. The molecule has 0 aliphatic carbocycles. The molecule has 1 atom stereocenters. The summed E-state index contributed by atoms with van der Waals surface area (Å²) in [5, 5.41) is 10.5. The van der Waals surface area contributed by atoms with E-state index in [1.54, 1.807) is 0 Å². The van der Waals surface area contributed by atoms with Gasteiger partial charge in [-0.3, -0.25) is 0 Å². The normalized spacial score (nSPS) is 24.9. The van der Waals surface area contributed by atoms with Crippen molar-refractivity contribution in [1.29, 1.82) is 0 Å². The van der Waals surface area contributed by atoms with Gasteiger partial charge in [0.1, 0.15) is 0 Å².